The molecule has 1 aliphatic carbocycles. The number of allylic oxidation sites excluding steroid dienone is 3. The monoisotopic (exact) mass is 216 g/mol. The van der Waals surface area contributed by atoms with Gasteiger partial charge in [0.1, 0.15) is 0 Å². The lowest BCUT2D eigenvalue weighted by molar-refractivity contribution is -0.120. The van der Waals surface area contributed by atoms with Crippen LogP contribution < -0.4 is 5.32 Å². The van der Waals surface area contributed by atoms with Crippen molar-refractivity contribution in [1.82, 2.24) is 10.3 Å². The molecule has 1 aliphatic rings. The van der Waals surface area contributed by atoms with Crippen LogP contribution in [0.5, 0.6) is 0 Å². The largest absolute Gasteiger partial charge is 0.367 e. The Morgan fingerprint density at radius 1 is 1.50 bits per heavy atom. The van der Waals surface area contributed by atoms with Crippen LogP contribution in [0.3, 0.4) is 0 Å². The molecule has 0 saturated heterocycles. The minimum absolute atomic E-state index is 0.0853. The Morgan fingerprint density at radius 3 is 3.12 bits per heavy atom. The Balaban J connectivity index is 1.66. The molecule has 1 heterocycles. The third kappa shape index (κ3) is 3.12. The van der Waals surface area contributed by atoms with Crippen LogP contribution in [-0.2, 0) is 11.2 Å². The molecule has 0 radical (unpaired) electrons. The maximum Gasteiger partial charge on any atom is 0.224 e. The first-order chi connectivity index (χ1) is 7.84. The lowest BCUT2D eigenvalue weighted by Gasteiger charge is -2.03. The highest BCUT2D eigenvalue weighted by atomic mass is 16.1. The number of carbonyl (C=O) groups excluding carboxylic acids is 1. The van der Waals surface area contributed by atoms with Crippen LogP contribution in [0.1, 0.15) is 18.4 Å². The Bertz CT molecular complexity index is 402. The zero-order valence-corrected chi connectivity index (χ0v) is 9.20. The predicted molar refractivity (Wildman–Crippen MR) is 64.0 cm³/mol. The quantitative estimate of drug-likeness (QED) is 0.776. The van der Waals surface area contributed by atoms with Crippen LogP contribution in [0.25, 0.3) is 0 Å². The second kappa shape index (κ2) is 5.35. The van der Waals surface area contributed by atoms with E-state index in [1.165, 1.54) is 5.57 Å². The average Bonchev–Trinajstić information content (AvgIpc) is 2.90. The summed E-state index contributed by atoms with van der Waals surface area (Å²) >= 11 is 0. The van der Waals surface area contributed by atoms with Gasteiger partial charge in [-0.3, -0.25) is 4.79 Å². The molecule has 3 heteroatoms. The summed E-state index contributed by atoms with van der Waals surface area (Å²) in [5, 5.41) is 2.92. The van der Waals surface area contributed by atoms with Crippen LogP contribution in [0.2, 0.25) is 0 Å². The normalized spacial score (nSPS) is 13.9. The lowest BCUT2D eigenvalue weighted by Crippen LogP contribution is -2.26. The fourth-order valence-electron chi connectivity index (χ4n) is 1.75. The molecule has 0 unspecified atom stereocenters. The maximum atomic E-state index is 11.5. The van der Waals surface area contributed by atoms with E-state index in [0.29, 0.717) is 6.42 Å². The standard InChI is InChI=1S/C13H16N2O/c16-13(9-12-5-7-14-10-12)15-8-6-11-3-1-2-4-11/h1,3-5,7,10,14H,2,6,8-9H2,(H,15,16). The molecule has 16 heavy (non-hydrogen) atoms. The minimum atomic E-state index is 0.0853. The van der Waals surface area contributed by atoms with Crippen molar-refractivity contribution in [3.05, 3.63) is 47.8 Å². The van der Waals surface area contributed by atoms with Gasteiger partial charge < -0.3 is 10.3 Å². The first-order valence-corrected chi connectivity index (χ1v) is 5.58. The maximum absolute atomic E-state index is 11.5. The summed E-state index contributed by atoms with van der Waals surface area (Å²) in [5.41, 5.74) is 2.35. The molecule has 1 aromatic rings. The Labute approximate surface area is 95.3 Å². The highest BCUT2D eigenvalue weighted by molar-refractivity contribution is 5.78. The van der Waals surface area contributed by atoms with E-state index in [1.807, 2.05) is 18.5 Å². The van der Waals surface area contributed by atoms with Crippen molar-refractivity contribution in [2.75, 3.05) is 6.54 Å². The summed E-state index contributed by atoms with van der Waals surface area (Å²) in [6.45, 7) is 0.722. The zero-order chi connectivity index (χ0) is 11.2. The summed E-state index contributed by atoms with van der Waals surface area (Å²) in [4.78, 5) is 14.5. The zero-order valence-electron chi connectivity index (χ0n) is 9.20. The summed E-state index contributed by atoms with van der Waals surface area (Å²) in [6, 6.07) is 1.92. The third-order valence-corrected chi connectivity index (χ3v) is 2.61. The summed E-state index contributed by atoms with van der Waals surface area (Å²) < 4.78 is 0. The molecule has 0 aromatic carbocycles. The number of H-pyrrole nitrogens is 1. The van der Waals surface area contributed by atoms with Crippen LogP contribution in [-0.4, -0.2) is 17.4 Å². The molecule has 2 N–H and O–H groups in total. The van der Waals surface area contributed by atoms with Gasteiger partial charge in [0.15, 0.2) is 0 Å². The number of carbonyl (C=O) groups is 1. The van der Waals surface area contributed by atoms with Gasteiger partial charge in [-0.2, -0.15) is 0 Å². The lowest BCUT2D eigenvalue weighted by atomic mass is 10.2. The van der Waals surface area contributed by atoms with Crippen molar-refractivity contribution in [3.63, 3.8) is 0 Å². The van der Waals surface area contributed by atoms with Crippen molar-refractivity contribution < 1.29 is 4.79 Å². The van der Waals surface area contributed by atoms with Crippen molar-refractivity contribution in [2.24, 2.45) is 0 Å². The van der Waals surface area contributed by atoms with Gasteiger partial charge in [0.05, 0.1) is 6.42 Å². The van der Waals surface area contributed by atoms with Gasteiger partial charge in [-0.25, -0.2) is 0 Å². The van der Waals surface area contributed by atoms with Gasteiger partial charge in [0, 0.05) is 18.9 Å². The second-order valence-corrected chi connectivity index (χ2v) is 3.91. The molecule has 1 aromatic heterocycles. The van der Waals surface area contributed by atoms with E-state index in [0.717, 1.165) is 24.9 Å². The van der Waals surface area contributed by atoms with Crippen molar-refractivity contribution in [3.8, 4) is 0 Å². The predicted octanol–water partition coefficient (Wildman–Crippen LogP) is 1.95. The highest BCUT2D eigenvalue weighted by Crippen LogP contribution is 2.11. The fraction of sp³-hybridized carbons (Fsp3) is 0.308. The molecule has 0 saturated carbocycles. The molecular formula is C13H16N2O. The van der Waals surface area contributed by atoms with Gasteiger partial charge in [0.25, 0.3) is 0 Å². The van der Waals surface area contributed by atoms with E-state index < -0.39 is 0 Å². The number of aromatic nitrogens is 1. The molecule has 84 valence electrons. The van der Waals surface area contributed by atoms with E-state index >= 15 is 0 Å². The Kier molecular flexibility index (Phi) is 3.59. The van der Waals surface area contributed by atoms with Crippen molar-refractivity contribution in [2.45, 2.75) is 19.3 Å². The third-order valence-electron chi connectivity index (χ3n) is 2.61. The van der Waals surface area contributed by atoms with E-state index in [2.05, 4.69) is 28.5 Å². The van der Waals surface area contributed by atoms with Gasteiger partial charge in [0.2, 0.25) is 5.91 Å². The van der Waals surface area contributed by atoms with Gasteiger partial charge in [-0.05, 0) is 24.5 Å². The van der Waals surface area contributed by atoms with Crippen LogP contribution in [0.4, 0.5) is 0 Å². The molecule has 2 rings (SSSR count). The SMILES string of the molecule is O=C(Cc1cc[nH]c1)NCCC1=CCC=C1. The molecule has 1 amide bonds. The summed E-state index contributed by atoms with van der Waals surface area (Å²) in [5.74, 6) is 0.0853. The average molecular weight is 216 g/mol. The van der Waals surface area contributed by atoms with Crippen LogP contribution in [0.15, 0.2) is 42.3 Å². The Morgan fingerprint density at radius 2 is 2.44 bits per heavy atom. The van der Waals surface area contributed by atoms with E-state index in [4.69, 9.17) is 0 Å². The van der Waals surface area contributed by atoms with Crippen molar-refractivity contribution >= 4 is 5.91 Å². The number of amides is 1. The molecule has 0 aliphatic heterocycles. The first-order valence-electron chi connectivity index (χ1n) is 5.58. The first kappa shape index (κ1) is 10.7. The number of rotatable bonds is 5. The van der Waals surface area contributed by atoms with Gasteiger partial charge in [-0.15, -0.1) is 0 Å². The fourth-order valence-corrected chi connectivity index (χ4v) is 1.75. The van der Waals surface area contributed by atoms with Crippen LogP contribution in [0, 0.1) is 0 Å². The molecule has 0 fully saturated rings. The molecule has 3 nitrogen and oxygen atoms in total. The van der Waals surface area contributed by atoms with E-state index in [-0.39, 0.29) is 5.91 Å². The van der Waals surface area contributed by atoms with Gasteiger partial charge >= 0.3 is 0 Å². The number of hydrogen-bond acceptors (Lipinski definition) is 1. The number of nitrogens with one attached hydrogen (secondary N) is 2. The smallest absolute Gasteiger partial charge is 0.224 e. The van der Waals surface area contributed by atoms with Crippen LogP contribution >= 0.6 is 0 Å². The second-order valence-electron chi connectivity index (χ2n) is 3.91. The van der Waals surface area contributed by atoms with Gasteiger partial charge in [-0.1, -0.05) is 23.8 Å². The van der Waals surface area contributed by atoms with E-state index in [1.54, 1.807) is 0 Å². The van der Waals surface area contributed by atoms with Crippen molar-refractivity contribution in [1.29, 1.82) is 0 Å². The molecular weight excluding hydrogens is 200 g/mol. The minimum Gasteiger partial charge on any atom is -0.367 e. The topological polar surface area (TPSA) is 44.9 Å². The van der Waals surface area contributed by atoms with E-state index in [9.17, 15) is 4.79 Å². The summed E-state index contributed by atoms with van der Waals surface area (Å²) in [7, 11) is 0. The molecule has 0 bridgehead atoms. The highest BCUT2D eigenvalue weighted by Gasteiger charge is 2.03. The molecule has 0 spiro atoms. The molecule has 0 atom stereocenters. The summed E-state index contributed by atoms with van der Waals surface area (Å²) in [6.07, 6.45) is 12.5. The number of aromatic amines is 1. The number of hydrogen-bond donors (Lipinski definition) is 2. The Hall–Kier alpha value is -1.77.